The van der Waals surface area contributed by atoms with Crippen LogP contribution in [0.1, 0.15) is 18.9 Å². The van der Waals surface area contributed by atoms with Crippen LogP contribution in [0.3, 0.4) is 0 Å². The first-order valence-corrected chi connectivity index (χ1v) is 7.81. The molecular weight excluding hydrogens is 318 g/mol. The van der Waals surface area contributed by atoms with Gasteiger partial charge in [0, 0.05) is 6.54 Å². The summed E-state index contributed by atoms with van der Waals surface area (Å²) in [6.45, 7) is 2.77. The van der Waals surface area contributed by atoms with Crippen LogP contribution in [0.5, 0.6) is 0 Å². The lowest BCUT2D eigenvalue weighted by Gasteiger charge is -2.20. The Morgan fingerprint density at radius 1 is 1.21 bits per heavy atom. The van der Waals surface area contributed by atoms with Crippen molar-refractivity contribution in [3.63, 3.8) is 0 Å². The molecular formula is C16H24F2N4O2. The molecule has 134 valence electrons. The molecule has 2 amide bonds. The zero-order valence-electron chi connectivity index (χ0n) is 13.9. The molecule has 6 nitrogen and oxygen atoms in total. The predicted octanol–water partition coefficient (Wildman–Crippen LogP) is 0.0650. The van der Waals surface area contributed by atoms with Gasteiger partial charge in [0.15, 0.2) is 11.6 Å². The Bertz CT molecular complexity index is 569. The van der Waals surface area contributed by atoms with Crippen molar-refractivity contribution in [1.29, 1.82) is 0 Å². The first-order valence-electron chi connectivity index (χ1n) is 7.81. The van der Waals surface area contributed by atoms with E-state index in [9.17, 15) is 18.4 Å². The number of hydrogen-bond donors (Lipinski definition) is 4. The highest BCUT2D eigenvalue weighted by Crippen LogP contribution is 2.10. The smallest absolute Gasteiger partial charge is 0.242 e. The lowest BCUT2D eigenvalue weighted by molar-refractivity contribution is -0.129. The molecule has 0 saturated carbocycles. The zero-order chi connectivity index (χ0) is 18.1. The molecule has 0 heterocycles. The molecule has 2 unspecified atom stereocenters. The Hall–Kier alpha value is -2.06. The summed E-state index contributed by atoms with van der Waals surface area (Å²) >= 11 is 0. The summed E-state index contributed by atoms with van der Waals surface area (Å²) in [5, 5.41) is 8.16. The van der Waals surface area contributed by atoms with E-state index in [4.69, 9.17) is 5.73 Å². The summed E-state index contributed by atoms with van der Waals surface area (Å²) in [4.78, 5) is 24.1. The lowest BCUT2D eigenvalue weighted by Crippen LogP contribution is -2.52. The minimum absolute atomic E-state index is 0.0389. The second-order valence-electron chi connectivity index (χ2n) is 5.41. The van der Waals surface area contributed by atoms with Gasteiger partial charge < -0.3 is 21.7 Å². The molecule has 0 radical (unpaired) electrons. The van der Waals surface area contributed by atoms with Gasteiger partial charge in [-0.3, -0.25) is 9.59 Å². The summed E-state index contributed by atoms with van der Waals surface area (Å²) in [6, 6.07) is 1.68. The average molecular weight is 342 g/mol. The van der Waals surface area contributed by atoms with E-state index in [0.29, 0.717) is 25.1 Å². The van der Waals surface area contributed by atoms with Crippen LogP contribution < -0.4 is 21.7 Å². The van der Waals surface area contributed by atoms with Gasteiger partial charge in [-0.15, -0.1) is 0 Å². The summed E-state index contributed by atoms with van der Waals surface area (Å²) in [7, 11) is 1.74. The van der Waals surface area contributed by atoms with Crippen molar-refractivity contribution in [1.82, 2.24) is 16.0 Å². The molecule has 0 aliphatic heterocycles. The number of likely N-dealkylation sites (N-methyl/N-ethyl adjacent to an activating group) is 1. The topological polar surface area (TPSA) is 96.2 Å². The normalized spacial score (nSPS) is 13.2. The number of hydrogen-bond acceptors (Lipinski definition) is 4. The second-order valence-corrected chi connectivity index (χ2v) is 5.41. The largest absolute Gasteiger partial charge is 0.355 e. The molecule has 2 atom stereocenters. The number of amides is 2. The van der Waals surface area contributed by atoms with Crippen molar-refractivity contribution >= 4 is 11.8 Å². The highest BCUT2D eigenvalue weighted by molar-refractivity contribution is 5.89. The molecule has 1 aromatic carbocycles. The average Bonchev–Trinajstić information content (AvgIpc) is 2.54. The van der Waals surface area contributed by atoms with Crippen molar-refractivity contribution < 1.29 is 18.4 Å². The number of nitrogens with two attached hydrogens (primary N) is 1. The van der Waals surface area contributed by atoms with E-state index in [0.717, 1.165) is 12.1 Å². The Balaban J connectivity index is 2.67. The minimum Gasteiger partial charge on any atom is -0.355 e. The van der Waals surface area contributed by atoms with E-state index >= 15 is 0 Å². The Morgan fingerprint density at radius 2 is 1.92 bits per heavy atom. The van der Waals surface area contributed by atoms with Gasteiger partial charge >= 0.3 is 0 Å². The fourth-order valence-electron chi connectivity index (χ4n) is 2.15. The first kappa shape index (κ1) is 20.0. The molecule has 0 saturated heterocycles. The molecule has 1 rings (SSSR count). The molecule has 0 aliphatic carbocycles. The van der Waals surface area contributed by atoms with Crippen molar-refractivity contribution in [2.45, 2.75) is 31.8 Å². The van der Waals surface area contributed by atoms with Crippen LogP contribution in [-0.4, -0.2) is 44.0 Å². The Kier molecular flexibility index (Phi) is 8.28. The summed E-state index contributed by atoms with van der Waals surface area (Å²) in [5.74, 6) is -2.76. The van der Waals surface area contributed by atoms with E-state index < -0.39 is 29.6 Å². The van der Waals surface area contributed by atoms with Crippen LogP contribution >= 0.6 is 0 Å². The van der Waals surface area contributed by atoms with Crippen LogP contribution in [0.15, 0.2) is 18.2 Å². The lowest BCUT2D eigenvalue weighted by atomic mass is 10.0. The number of carbonyl (C=O) groups excluding carboxylic acids is 2. The molecule has 8 heteroatoms. The third-order valence-corrected chi connectivity index (χ3v) is 3.44. The quantitative estimate of drug-likeness (QED) is 0.510. The molecule has 1 aromatic rings. The number of nitrogens with one attached hydrogen (secondary N) is 3. The SMILES string of the molecule is CCNC(=O)C(CCNC)NC(=O)C(N)Cc1ccc(F)c(F)c1. The number of rotatable bonds is 9. The third kappa shape index (κ3) is 6.21. The fraction of sp³-hybridized carbons (Fsp3) is 0.500. The maximum atomic E-state index is 13.2. The van der Waals surface area contributed by atoms with Crippen molar-refractivity contribution in [2.75, 3.05) is 20.1 Å². The molecule has 24 heavy (non-hydrogen) atoms. The number of halogens is 2. The first-order chi connectivity index (χ1) is 11.4. The summed E-state index contributed by atoms with van der Waals surface area (Å²) < 4.78 is 26.1. The predicted molar refractivity (Wildman–Crippen MR) is 87.2 cm³/mol. The maximum Gasteiger partial charge on any atom is 0.242 e. The van der Waals surface area contributed by atoms with Crippen molar-refractivity contribution in [3.05, 3.63) is 35.4 Å². The highest BCUT2D eigenvalue weighted by Gasteiger charge is 2.23. The summed E-state index contributed by atoms with van der Waals surface area (Å²) in [5.41, 5.74) is 6.22. The Morgan fingerprint density at radius 3 is 2.50 bits per heavy atom. The van der Waals surface area contributed by atoms with Crippen molar-refractivity contribution in [3.8, 4) is 0 Å². The van der Waals surface area contributed by atoms with Gasteiger partial charge in [0.2, 0.25) is 11.8 Å². The summed E-state index contributed by atoms with van der Waals surface area (Å²) in [6.07, 6.45) is 0.448. The zero-order valence-corrected chi connectivity index (χ0v) is 13.9. The van der Waals surface area contributed by atoms with Crippen LogP contribution in [0.4, 0.5) is 8.78 Å². The van der Waals surface area contributed by atoms with E-state index in [-0.39, 0.29) is 12.3 Å². The van der Waals surface area contributed by atoms with E-state index in [1.165, 1.54) is 6.07 Å². The van der Waals surface area contributed by atoms with E-state index in [2.05, 4.69) is 16.0 Å². The number of benzene rings is 1. The van der Waals surface area contributed by atoms with Crippen LogP contribution in [-0.2, 0) is 16.0 Å². The molecule has 5 N–H and O–H groups in total. The molecule has 0 spiro atoms. The fourth-order valence-corrected chi connectivity index (χ4v) is 2.15. The Labute approximate surface area is 140 Å². The maximum absolute atomic E-state index is 13.2. The number of carbonyl (C=O) groups is 2. The van der Waals surface area contributed by atoms with Gasteiger partial charge in [0.25, 0.3) is 0 Å². The van der Waals surface area contributed by atoms with Gasteiger partial charge in [-0.05, 0) is 51.1 Å². The van der Waals surface area contributed by atoms with Crippen LogP contribution in [0.2, 0.25) is 0 Å². The molecule has 0 aliphatic rings. The van der Waals surface area contributed by atoms with Gasteiger partial charge in [0.05, 0.1) is 6.04 Å². The van der Waals surface area contributed by atoms with Gasteiger partial charge in [-0.25, -0.2) is 8.78 Å². The molecule has 0 aromatic heterocycles. The van der Waals surface area contributed by atoms with Gasteiger partial charge in [0.1, 0.15) is 6.04 Å². The third-order valence-electron chi connectivity index (χ3n) is 3.44. The van der Waals surface area contributed by atoms with E-state index in [1.807, 2.05) is 0 Å². The van der Waals surface area contributed by atoms with Crippen molar-refractivity contribution in [2.24, 2.45) is 5.73 Å². The van der Waals surface area contributed by atoms with Gasteiger partial charge in [-0.1, -0.05) is 6.07 Å². The molecule has 0 bridgehead atoms. The van der Waals surface area contributed by atoms with Crippen LogP contribution in [0.25, 0.3) is 0 Å². The van der Waals surface area contributed by atoms with Gasteiger partial charge in [-0.2, -0.15) is 0 Å². The second kappa shape index (κ2) is 9.94. The highest BCUT2D eigenvalue weighted by atomic mass is 19.2. The standard InChI is InChI=1S/C16H24F2N4O2/c1-3-21-16(24)14(6-7-20-2)22-15(23)13(19)9-10-4-5-11(17)12(18)8-10/h4-5,8,13-14,20H,3,6-7,9,19H2,1-2H3,(H,21,24)(H,22,23). The minimum atomic E-state index is -0.991. The van der Waals surface area contributed by atoms with E-state index in [1.54, 1.807) is 14.0 Å². The molecule has 0 fully saturated rings. The monoisotopic (exact) mass is 342 g/mol. The van der Waals surface area contributed by atoms with Crippen LogP contribution in [0, 0.1) is 11.6 Å².